The summed E-state index contributed by atoms with van der Waals surface area (Å²) in [5, 5.41) is 19.8. The first-order valence-corrected chi connectivity index (χ1v) is 12.2. The normalized spacial score (nSPS) is 10.6. The van der Waals surface area contributed by atoms with E-state index in [-0.39, 0.29) is 52.2 Å². The number of pyridine rings is 1. The maximum absolute atomic E-state index is 14.7. The Bertz CT molecular complexity index is 1540. The van der Waals surface area contributed by atoms with Crippen LogP contribution >= 0.6 is 23.4 Å². The van der Waals surface area contributed by atoms with E-state index in [9.17, 15) is 9.65 Å². The van der Waals surface area contributed by atoms with E-state index >= 15 is 0 Å². The molecular formula is C26H19ClFN5O3S. The van der Waals surface area contributed by atoms with E-state index in [1.165, 1.54) is 23.9 Å². The first-order valence-electron chi connectivity index (χ1n) is 10.9. The van der Waals surface area contributed by atoms with E-state index in [1.807, 2.05) is 0 Å². The van der Waals surface area contributed by atoms with Crippen LogP contribution in [0.4, 0.5) is 15.9 Å². The zero-order valence-corrected chi connectivity index (χ0v) is 21.0. The molecule has 0 saturated carbocycles. The van der Waals surface area contributed by atoms with Crippen molar-refractivity contribution in [1.82, 2.24) is 9.97 Å². The van der Waals surface area contributed by atoms with E-state index in [1.54, 1.807) is 31.2 Å². The monoisotopic (exact) mass is 535 g/mol. The SMILES string of the molecule is [C-]#[N+]c1c(N)nc(SCc2nc(-c3ccc(Cl)cc3)oc2C)c(C#N)c1-c1ccc(OCCO)c(F)c1. The van der Waals surface area contributed by atoms with Crippen molar-refractivity contribution >= 4 is 34.9 Å². The fourth-order valence-electron chi connectivity index (χ4n) is 3.52. The van der Waals surface area contributed by atoms with Crippen molar-refractivity contribution < 1.29 is 18.7 Å². The van der Waals surface area contributed by atoms with Gasteiger partial charge in [0.25, 0.3) is 0 Å². The van der Waals surface area contributed by atoms with Gasteiger partial charge >= 0.3 is 0 Å². The van der Waals surface area contributed by atoms with Crippen LogP contribution in [0, 0.1) is 30.6 Å². The number of oxazole rings is 1. The Kier molecular flexibility index (Phi) is 7.95. The summed E-state index contributed by atoms with van der Waals surface area (Å²) >= 11 is 7.16. The highest BCUT2D eigenvalue weighted by Crippen LogP contribution is 2.42. The predicted molar refractivity (Wildman–Crippen MR) is 139 cm³/mol. The molecule has 0 bridgehead atoms. The zero-order valence-electron chi connectivity index (χ0n) is 19.5. The second-order valence-corrected chi connectivity index (χ2v) is 9.06. The van der Waals surface area contributed by atoms with Crippen LogP contribution in [-0.2, 0) is 5.75 Å². The van der Waals surface area contributed by atoms with Crippen molar-refractivity contribution in [3.63, 3.8) is 0 Å². The van der Waals surface area contributed by atoms with Crippen molar-refractivity contribution in [2.75, 3.05) is 18.9 Å². The smallest absolute Gasteiger partial charge is 0.236 e. The molecule has 0 unspecified atom stereocenters. The van der Waals surface area contributed by atoms with Crippen molar-refractivity contribution in [3.8, 4) is 34.4 Å². The van der Waals surface area contributed by atoms with Crippen LogP contribution in [0.1, 0.15) is 17.0 Å². The number of rotatable bonds is 8. The summed E-state index contributed by atoms with van der Waals surface area (Å²) in [5.41, 5.74) is 7.98. The summed E-state index contributed by atoms with van der Waals surface area (Å²) in [6, 6.07) is 13.2. The third-order valence-electron chi connectivity index (χ3n) is 5.29. The third-order valence-corrected chi connectivity index (χ3v) is 6.53. The lowest BCUT2D eigenvalue weighted by Crippen LogP contribution is -2.03. The lowest BCUT2D eigenvalue weighted by Gasteiger charge is -2.14. The van der Waals surface area contributed by atoms with Gasteiger partial charge in [-0.1, -0.05) is 29.4 Å². The van der Waals surface area contributed by atoms with Gasteiger partial charge in [0.2, 0.25) is 11.6 Å². The number of halogens is 2. The maximum atomic E-state index is 14.7. The molecule has 0 radical (unpaired) electrons. The number of aromatic nitrogens is 2. The molecule has 0 atom stereocenters. The van der Waals surface area contributed by atoms with Gasteiger partial charge < -0.3 is 20.0 Å². The van der Waals surface area contributed by atoms with Gasteiger partial charge in [-0.15, -0.1) is 0 Å². The average molecular weight is 536 g/mol. The first-order chi connectivity index (χ1) is 17.9. The number of aliphatic hydroxyl groups excluding tert-OH is 1. The van der Waals surface area contributed by atoms with Crippen LogP contribution in [0.15, 0.2) is 51.9 Å². The van der Waals surface area contributed by atoms with E-state index in [4.69, 9.17) is 38.2 Å². The molecule has 0 aliphatic carbocycles. The Morgan fingerprint density at radius 1 is 1.24 bits per heavy atom. The number of nitrogen functional groups attached to an aromatic ring is 1. The molecule has 4 rings (SSSR count). The Hall–Kier alpha value is -4.09. The lowest BCUT2D eigenvalue weighted by atomic mass is 9.99. The molecule has 0 amide bonds. The molecule has 8 nitrogen and oxygen atoms in total. The minimum Gasteiger partial charge on any atom is -0.488 e. The summed E-state index contributed by atoms with van der Waals surface area (Å²) in [6.07, 6.45) is 0. The maximum Gasteiger partial charge on any atom is 0.236 e. The minimum absolute atomic E-state index is 0.0491. The number of ether oxygens (including phenoxy) is 1. The molecule has 2 aromatic heterocycles. The molecule has 0 aliphatic rings. The number of aliphatic hydroxyl groups is 1. The molecule has 0 fully saturated rings. The Balaban J connectivity index is 1.69. The number of nitrogens with zero attached hydrogens (tertiary/aromatic N) is 4. The molecule has 0 aliphatic heterocycles. The minimum atomic E-state index is -0.705. The highest BCUT2D eigenvalue weighted by atomic mass is 35.5. The number of nitriles is 1. The van der Waals surface area contributed by atoms with E-state index in [0.29, 0.717) is 28.1 Å². The molecule has 0 saturated heterocycles. The standard InChI is InChI=1S/C26H19ClFN5O3S/c1-14-20(32-25(36-14)15-3-6-17(27)7-4-15)13-37-26-18(12-29)22(23(31-2)24(30)33-26)16-5-8-21(19(28)11-16)35-10-9-34/h3-8,11,34H,9-10,13H2,1H3,(H2,30,33). The van der Waals surface area contributed by atoms with Crippen LogP contribution in [0.25, 0.3) is 27.4 Å². The fourth-order valence-corrected chi connectivity index (χ4v) is 4.64. The summed E-state index contributed by atoms with van der Waals surface area (Å²) in [6.45, 7) is 9.02. The number of hydrogen-bond donors (Lipinski definition) is 2. The summed E-state index contributed by atoms with van der Waals surface area (Å²) < 4.78 is 25.6. The van der Waals surface area contributed by atoms with Crippen LogP contribution in [0.5, 0.6) is 5.75 Å². The topological polar surface area (TPSA) is 123 Å². The number of aryl methyl sites for hydroxylation is 1. The molecule has 186 valence electrons. The van der Waals surface area contributed by atoms with Crippen LogP contribution < -0.4 is 10.5 Å². The van der Waals surface area contributed by atoms with Crippen molar-refractivity contribution in [2.24, 2.45) is 0 Å². The van der Waals surface area contributed by atoms with Gasteiger partial charge in [-0.3, -0.25) is 0 Å². The van der Waals surface area contributed by atoms with Gasteiger partial charge in [0.05, 0.1) is 24.4 Å². The van der Waals surface area contributed by atoms with Crippen LogP contribution in [0.3, 0.4) is 0 Å². The Labute approximate surface area is 221 Å². The third kappa shape index (κ3) is 5.52. The molecule has 3 N–H and O–H groups in total. The van der Waals surface area contributed by atoms with Gasteiger partial charge in [-0.25, -0.2) is 19.2 Å². The number of anilines is 1. The predicted octanol–water partition coefficient (Wildman–Crippen LogP) is 6.17. The van der Waals surface area contributed by atoms with Crippen molar-refractivity contribution in [3.05, 3.63) is 81.7 Å². The van der Waals surface area contributed by atoms with E-state index in [2.05, 4.69) is 20.9 Å². The zero-order chi connectivity index (χ0) is 26.5. The quantitative estimate of drug-likeness (QED) is 0.203. The largest absolute Gasteiger partial charge is 0.488 e. The molecule has 2 heterocycles. The lowest BCUT2D eigenvalue weighted by molar-refractivity contribution is 0.196. The highest BCUT2D eigenvalue weighted by molar-refractivity contribution is 7.98. The number of nitrogens with two attached hydrogens (primary N) is 1. The molecule has 2 aromatic carbocycles. The second-order valence-electron chi connectivity index (χ2n) is 7.66. The molecule has 4 aromatic rings. The number of benzene rings is 2. The van der Waals surface area contributed by atoms with Crippen LogP contribution in [0.2, 0.25) is 5.02 Å². The average Bonchev–Trinajstić information content (AvgIpc) is 3.26. The van der Waals surface area contributed by atoms with Gasteiger partial charge in [0, 0.05) is 21.9 Å². The molecule has 11 heteroatoms. The number of hydrogen-bond acceptors (Lipinski definition) is 8. The van der Waals surface area contributed by atoms with E-state index in [0.717, 1.165) is 11.6 Å². The first kappa shape index (κ1) is 26.0. The Morgan fingerprint density at radius 3 is 2.62 bits per heavy atom. The molecule has 37 heavy (non-hydrogen) atoms. The van der Waals surface area contributed by atoms with Gasteiger partial charge in [-0.05, 0) is 48.9 Å². The number of thioether (sulfide) groups is 1. The van der Waals surface area contributed by atoms with Gasteiger partial charge in [0.1, 0.15) is 29.3 Å². The fraction of sp³-hybridized carbons (Fsp3) is 0.154. The van der Waals surface area contributed by atoms with Crippen LogP contribution in [-0.4, -0.2) is 28.3 Å². The van der Waals surface area contributed by atoms with E-state index < -0.39 is 5.82 Å². The van der Waals surface area contributed by atoms with Crippen molar-refractivity contribution in [2.45, 2.75) is 17.7 Å². The van der Waals surface area contributed by atoms with Crippen molar-refractivity contribution in [1.29, 1.82) is 5.26 Å². The molecular weight excluding hydrogens is 517 g/mol. The summed E-state index contributed by atoms with van der Waals surface area (Å²) in [7, 11) is 0. The summed E-state index contributed by atoms with van der Waals surface area (Å²) in [4.78, 5) is 12.3. The highest BCUT2D eigenvalue weighted by Gasteiger charge is 2.22. The Morgan fingerprint density at radius 2 is 1.97 bits per heavy atom. The molecule has 0 spiro atoms. The summed E-state index contributed by atoms with van der Waals surface area (Å²) in [5.74, 6) is 0.497. The second kappa shape index (κ2) is 11.3. The van der Waals surface area contributed by atoms with Gasteiger partial charge in [0.15, 0.2) is 11.6 Å². The van der Waals surface area contributed by atoms with Gasteiger partial charge in [-0.2, -0.15) is 5.26 Å².